The first-order chi connectivity index (χ1) is 5.08. The van der Waals surface area contributed by atoms with Crippen molar-refractivity contribution in [3.05, 3.63) is 0 Å². The molecule has 0 bridgehead atoms. The van der Waals surface area contributed by atoms with Gasteiger partial charge in [-0.3, -0.25) is 0 Å². The molecule has 66 valence electrons. The maximum atomic E-state index is 9.63. The molecular formula is C8H15BrOS. The predicted molar refractivity (Wildman–Crippen MR) is 54.4 cm³/mol. The Morgan fingerprint density at radius 3 is 2.73 bits per heavy atom. The number of halogens is 1. The summed E-state index contributed by atoms with van der Waals surface area (Å²) in [7, 11) is 0. The third kappa shape index (κ3) is 2.13. The van der Waals surface area contributed by atoms with Gasteiger partial charge in [0.05, 0.1) is 6.10 Å². The molecule has 1 rings (SSSR count). The van der Waals surface area contributed by atoms with E-state index in [1.807, 2.05) is 11.8 Å². The summed E-state index contributed by atoms with van der Waals surface area (Å²) in [6.45, 7) is 4.45. The minimum absolute atomic E-state index is 0.167. The molecule has 2 unspecified atom stereocenters. The van der Waals surface area contributed by atoms with E-state index in [2.05, 4.69) is 29.8 Å². The van der Waals surface area contributed by atoms with Gasteiger partial charge in [-0.15, -0.1) is 0 Å². The van der Waals surface area contributed by atoms with Gasteiger partial charge in [0.25, 0.3) is 0 Å². The predicted octanol–water partition coefficient (Wildman–Crippen LogP) is 2.27. The van der Waals surface area contributed by atoms with E-state index >= 15 is 0 Å². The van der Waals surface area contributed by atoms with Crippen LogP contribution in [-0.2, 0) is 0 Å². The lowest BCUT2D eigenvalue weighted by Gasteiger charge is -2.29. The van der Waals surface area contributed by atoms with Crippen LogP contribution in [-0.4, -0.2) is 27.0 Å². The lowest BCUT2D eigenvalue weighted by molar-refractivity contribution is 0.116. The van der Waals surface area contributed by atoms with Crippen LogP contribution in [0.3, 0.4) is 0 Å². The Hall–Kier alpha value is 0.790. The topological polar surface area (TPSA) is 20.2 Å². The fraction of sp³-hybridized carbons (Fsp3) is 1.00. The quantitative estimate of drug-likeness (QED) is 0.746. The van der Waals surface area contributed by atoms with Crippen LogP contribution < -0.4 is 0 Å². The molecule has 0 aromatic rings. The summed E-state index contributed by atoms with van der Waals surface area (Å²) in [5.74, 6) is 1.66. The molecule has 1 saturated heterocycles. The van der Waals surface area contributed by atoms with Gasteiger partial charge in [-0.05, 0) is 12.2 Å². The normalized spacial score (nSPS) is 32.2. The molecule has 1 fully saturated rings. The van der Waals surface area contributed by atoms with Crippen molar-refractivity contribution in [2.75, 3.05) is 11.1 Å². The summed E-state index contributed by atoms with van der Waals surface area (Å²) in [6, 6.07) is 0. The van der Waals surface area contributed by atoms with Crippen molar-refractivity contribution < 1.29 is 5.11 Å². The first-order valence-electron chi connectivity index (χ1n) is 3.96. The molecule has 2 atom stereocenters. The highest BCUT2D eigenvalue weighted by Gasteiger charge is 2.39. The number of hydrogen-bond acceptors (Lipinski definition) is 2. The van der Waals surface area contributed by atoms with Crippen LogP contribution in [0.15, 0.2) is 0 Å². The Morgan fingerprint density at radius 1 is 1.73 bits per heavy atom. The summed E-state index contributed by atoms with van der Waals surface area (Å²) >= 11 is 5.29. The third-order valence-electron chi connectivity index (χ3n) is 2.42. The number of alkyl halides is 1. The molecule has 1 aliphatic heterocycles. The molecule has 0 aromatic carbocycles. The summed E-state index contributed by atoms with van der Waals surface area (Å²) < 4.78 is 0.271. The van der Waals surface area contributed by atoms with E-state index < -0.39 is 0 Å². The fourth-order valence-electron chi connectivity index (χ4n) is 1.67. The number of hydrogen-bond donors (Lipinski definition) is 1. The van der Waals surface area contributed by atoms with E-state index in [-0.39, 0.29) is 10.9 Å². The standard InChI is InChI=1S/C8H15BrOS/c1-8(2)6(3-4-11-8)7(10)5-9/h6-7,10H,3-5H2,1-2H3. The molecular weight excluding hydrogens is 224 g/mol. The average molecular weight is 239 g/mol. The van der Waals surface area contributed by atoms with Crippen molar-refractivity contribution in [1.82, 2.24) is 0 Å². The number of aliphatic hydroxyl groups excluding tert-OH is 1. The highest BCUT2D eigenvalue weighted by Crippen LogP contribution is 2.44. The fourth-order valence-corrected chi connectivity index (χ4v) is 3.50. The second-order valence-corrected chi connectivity index (χ2v) is 5.97. The van der Waals surface area contributed by atoms with Crippen LogP contribution in [0.2, 0.25) is 0 Å². The third-order valence-corrected chi connectivity index (χ3v) is 4.57. The Labute approximate surface area is 81.1 Å². The number of rotatable bonds is 2. The second kappa shape index (κ2) is 3.67. The van der Waals surface area contributed by atoms with Crippen molar-refractivity contribution >= 4 is 27.7 Å². The minimum Gasteiger partial charge on any atom is -0.392 e. The Bertz CT molecular complexity index is 138. The van der Waals surface area contributed by atoms with Gasteiger partial charge in [0.1, 0.15) is 0 Å². The average Bonchev–Trinajstić information content (AvgIpc) is 2.28. The van der Waals surface area contributed by atoms with Crippen LogP contribution >= 0.6 is 27.7 Å². The SMILES string of the molecule is CC1(C)SCCC1C(O)CBr. The van der Waals surface area contributed by atoms with Gasteiger partial charge < -0.3 is 5.11 Å². The van der Waals surface area contributed by atoms with Crippen molar-refractivity contribution in [2.24, 2.45) is 5.92 Å². The molecule has 11 heavy (non-hydrogen) atoms. The Balaban J connectivity index is 2.57. The molecule has 0 aromatic heterocycles. The van der Waals surface area contributed by atoms with E-state index in [9.17, 15) is 5.11 Å². The van der Waals surface area contributed by atoms with Crippen LogP contribution in [0.1, 0.15) is 20.3 Å². The van der Waals surface area contributed by atoms with Crippen molar-refractivity contribution in [3.63, 3.8) is 0 Å². The van der Waals surface area contributed by atoms with Gasteiger partial charge in [-0.2, -0.15) is 11.8 Å². The zero-order valence-corrected chi connectivity index (χ0v) is 9.41. The minimum atomic E-state index is -0.167. The lowest BCUT2D eigenvalue weighted by atomic mass is 9.88. The smallest absolute Gasteiger partial charge is 0.0678 e. The zero-order chi connectivity index (χ0) is 8.48. The highest BCUT2D eigenvalue weighted by atomic mass is 79.9. The van der Waals surface area contributed by atoms with Gasteiger partial charge >= 0.3 is 0 Å². The maximum absolute atomic E-state index is 9.63. The first-order valence-corrected chi connectivity index (χ1v) is 6.06. The van der Waals surface area contributed by atoms with E-state index in [1.54, 1.807) is 0 Å². The lowest BCUT2D eigenvalue weighted by Crippen LogP contribution is -2.33. The summed E-state index contributed by atoms with van der Waals surface area (Å²) in [6.07, 6.45) is 0.991. The molecule has 0 amide bonds. The molecule has 1 aliphatic rings. The van der Waals surface area contributed by atoms with Crippen LogP contribution in [0, 0.1) is 5.92 Å². The van der Waals surface area contributed by atoms with Crippen molar-refractivity contribution in [2.45, 2.75) is 31.1 Å². The highest BCUT2D eigenvalue weighted by molar-refractivity contribution is 9.09. The molecule has 1 heterocycles. The first kappa shape index (κ1) is 9.87. The van der Waals surface area contributed by atoms with Crippen LogP contribution in [0.5, 0.6) is 0 Å². The van der Waals surface area contributed by atoms with E-state index in [1.165, 1.54) is 5.75 Å². The van der Waals surface area contributed by atoms with Crippen LogP contribution in [0.25, 0.3) is 0 Å². The van der Waals surface area contributed by atoms with E-state index in [0.717, 1.165) is 6.42 Å². The summed E-state index contributed by atoms with van der Waals surface area (Å²) in [5, 5.41) is 10.3. The van der Waals surface area contributed by atoms with E-state index in [4.69, 9.17) is 0 Å². The molecule has 0 radical (unpaired) electrons. The van der Waals surface area contributed by atoms with Gasteiger partial charge in [0, 0.05) is 16.0 Å². The second-order valence-electron chi connectivity index (χ2n) is 3.57. The molecule has 0 saturated carbocycles. The summed E-state index contributed by atoms with van der Waals surface area (Å²) in [5.41, 5.74) is 0. The van der Waals surface area contributed by atoms with Gasteiger partial charge in [0.15, 0.2) is 0 Å². The van der Waals surface area contributed by atoms with Crippen molar-refractivity contribution in [1.29, 1.82) is 0 Å². The Kier molecular flexibility index (Phi) is 3.29. The summed E-state index contributed by atoms with van der Waals surface area (Å²) in [4.78, 5) is 0. The van der Waals surface area contributed by atoms with Gasteiger partial charge in [-0.25, -0.2) is 0 Å². The Morgan fingerprint density at radius 2 is 2.36 bits per heavy atom. The maximum Gasteiger partial charge on any atom is 0.0678 e. The molecule has 1 nitrogen and oxygen atoms in total. The molecule has 3 heteroatoms. The number of thioether (sulfide) groups is 1. The largest absolute Gasteiger partial charge is 0.392 e. The molecule has 1 N–H and O–H groups in total. The van der Waals surface area contributed by atoms with Gasteiger partial charge in [-0.1, -0.05) is 29.8 Å². The van der Waals surface area contributed by atoms with E-state index in [0.29, 0.717) is 11.2 Å². The molecule has 0 spiro atoms. The monoisotopic (exact) mass is 238 g/mol. The van der Waals surface area contributed by atoms with Gasteiger partial charge in [0.2, 0.25) is 0 Å². The van der Waals surface area contributed by atoms with Crippen LogP contribution in [0.4, 0.5) is 0 Å². The molecule has 0 aliphatic carbocycles. The zero-order valence-electron chi connectivity index (χ0n) is 7.01. The van der Waals surface area contributed by atoms with Crippen molar-refractivity contribution in [3.8, 4) is 0 Å². The number of aliphatic hydroxyl groups is 1.